The Morgan fingerprint density at radius 1 is 1.04 bits per heavy atom. The number of amides is 1. The smallest absolute Gasteiger partial charge is 0.259 e. The van der Waals surface area contributed by atoms with Gasteiger partial charge in [0.1, 0.15) is 5.75 Å². The Kier molecular flexibility index (Phi) is 5.26. The number of hydrogen-bond donors (Lipinski definition) is 2. The summed E-state index contributed by atoms with van der Waals surface area (Å²) < 4.78 is 5.09. The maximum atomic E-state index is 11.9. The summed E-state index contributed by atoms with van der Waals surface area (Å²) >= 11 is 0. The zero-order valence-electron chi connectivity index (χ0n) is 13.9. The largest absolute Gasteiger partial charge is 0.497 e. The minimum absolute atomic E-state index is 0.147. The average Bonchev–Trinajstić information content (AvgIpc) is 2.67. The number of benzene rings is 3. The molecule has 0 unspecified atom stereocenters. The Morgan fingerprint density at radius 3 is 2.60 bits per heavy atom. The Balaban J connectivity index is 1.54. The zero-order valence-corrected chi connectivity index (χ0v) is 13.9. The lowest BCUT2D eigenvalue weighted by atomic mass is 10.1. The number of nitrogens with zero attached hydrogens (tertiary/aromatic N) is 1. The van der Waals surface area contributed by atoms with Crippen LogP contribution in [0.4, 0.5) is 5.69 Å². The Labute approximate surface area is 146 Å². The van der Waals surface area contributed by atoms with Gasteiger partial charge in [-0.25, -0.2) is 5.43 Å². The second kappa shape index (κ2) is 7.97. The third-order valence-electron chi connectivity index (χ3n) is 3.75. The number of carbonyl (C=O) groups excluding carboxylic acids is 1. The lowest BCUT2D eigenvalue weighted by Crippen LogP contribution is -2.25. The van der Waals surface area contributed by atoms with E-state index in [4.69, 9.17) is 4.74 Å². The van der Waals surface area contributed by atoms with E-state index >= 15 is 0 Å². The molecule has 0 aliphatic heterocycles. The van der Waals surface area contributed by atoms with E-state index in [9.17, 15) is 4.79 Å². The molecule has 3 aromatic rings. The highest BCUT2D eigenvalue weighted by Gasteiger charge is 2.03. The maximum Gasteiger partial charge on any atom is 0.259 e. The van der Waals surface area contributed by atoms with Crippen molar-refractivity contribution in [3.63, 3.8) is 0 Å². The van der Waals surface area contributed by atoms with Crippen LogP contribution in [0.15, 0.2) is 71.8 Å². The first kappa shape index (κ1) is 16.5. The molecule has 25 heavy (non-hydrogen) atoms. The summed E-state index contributed by atoms with van der Waals surface area (Å²) in [5.41, 5.74) is 4.32. The number of nitrogens with one attached hydrogen (secondary N) is 2. The second-order valence-electron chi connectivity index (χ2n) is 5.45. The van der Waals surface area contributed by atoms with Crippen molar-refractivity contribution in [2.24, 2.45) is 5.10 Å². The van der Waals surface area contributed by atoms with Crippen molar-refractivity contribution in [1.29, 1.82) is 0 Å². The molecule has 1 amide bonds. The summed E-state index contributed by atoms with van der Waals surface area (Å²) in [7, 11) is 1.62. The highest BCUT2D eigenvalue weighted by Crippen LogP contribution is 2.22. The van der Waals surface area contributed by atoms with E-state index in [2.05, 4.69) is 15.8 Å². The summed E-state index contributed by atoms with van der Waals surface area (Å²) in [5, 5.41) is 9.33. The minimum atomic E-state index is -0.210. The molecule has 126 valence electrons. The van der Waals surface area contributed by atoms with Gasteiger partial charge in [0.05, 0.1) is 19.9 Å². The minimum Gasteiger partial charge on any atom is -0.497 e. The fourth-order valence-corrected chi connectivity index (χ4v) is 2.46. The van der Waals surface area contributed by atoms with Crippen molar-refractivity contribution in [2.45, 2.75) is 0 Å². The van der Waals surface area contributed by atoms with Crippen molar-refractivity contribution < 1.29 is 9.53 Å². The second-order valence-corrected chi connectivity index (χ2v) is 5.45. The molecule has 0 aromatic heterocycles. The van der Waals surface area contributed by atoms with Crippen LogP contribution in [-0.4, -0.2) is 25.8 Å². The van der Waals surface area contributed by atoms with Gasteiger partial charge >= 0.3 is 0 Å². The lowest BCUT2D eigenvalue weighted by Gasteiger charge is -2.08. The van der Waals surface area contributed by atoms with Gasteiger partial charge in [-0.3, -0.25) is 4.79 Å². The fraction of sp³-hybridized carbons (Fsp3) is 0.100. The number of hydrazone groups is 1. The van der Waals surface area contributed by atoms with Gasteiger partial charge in [0, 0.05) is 11.1 Å². The summed E-state index contributed by atoms with van der Waals surface area (Å²) in [4.78, 5) is 11.9. The van der Waals surface area contributed by atoms with Gasteiger partial charge in [0.15, 0.2) is 0 Å². The molecule has 5 nitrogen and oxygen atoms in total. The van der Waals surface area contributed by atoms with Gasteiger partial charge < -0.3 is 10.1 Å². The van der Waals surface area contributed by atoms with Crippen LogP contribution >= 0.6 is 0 Å². The fourth-order valence-electron chi connectivity index (χ4n) is 2.46. The van der Waals surface area contributed by atoms with E-state index in [-0.39, 0.29) is 12.5 Å². The Bertz CT molecular complexity index is 884. The van der Waals surface area contributed by atoms with Crippen LogP contribution in [0, 0.1) is 0 Å². The van der Waals surface area contributed by atoms with Gasteiger partial charge in [0.25, 0.3) is 5.91 Å². The first-order valence-corrected chi connectivity index (χ1v) is 7.94. The molecular formula is C20H19N3O2. The number of rotatable bonds is 6. The molecule has 5 heteroatoms. The Hall–Kier alpha value is -3.34. The molecule has 0 heterocycles. The van der Waals surface area contributed by atoms with E-state index in [0.717, 1.165) is 27.8 Å². The number of carbonyl (C=O) groups is 1. The van der Waals surface area contributed by atoms with Gasteiger partial charge in [-0.1, -0.05) is 36.4 Å². The third-order valence-corrected chi connectivity index (χ3v) is 3.75. The van der Waals surface area contributed by atoms with Crippen LogP contribution in [0.25, 0.3) is 10.8 Å². The van der Waals surface area contributed by atoms with E-state index in [1.165, 1.54) is 0 Å². The highest BCUT2D eigenvalue weighted by molar-refractivity contribution is 5.95. The number of fused-ring (bicyclic) bond motifs is 1. The van der Waals surface area contributed by atoms with Crippen molar-refractivity contribution in [1.82, 2.24) is 5.43 Å². The SMILES string of the molecule is COc1ccc(/C=N\NC(=O)CNc2cccc3ccccc23)cc1. The van der Waals surface area contributed by atoms with Crippen LogP contribution < -0.4 is 15.5 Å². The summed E-state index contributed by atoms with van der Waals surface area (Å²) in [6.45, 7) is 0.147. The molecule has 0 radical (unpaired) electrons. The van der Waals surface area contributed by atoms with Gasteiger partial charge in [0.2, 0.25) is 0 Å². The summed E-state index contributed by atoms with van der Waals surface area (Å²) in [6, 6.07) is 21.4. The molecule has 3 rings (SSSR count). The average molecular weight is 333 g/mol. The molecule has 0 aliphatic rings. The molecule has 0 fully saturated rings. The maximum absolute atomic E-state index is 11.9. The predicted molar refractivity (Wildman–Crippen MR) is 101 cm³/mol. The number of ether oxygens (including phenoxy) is 1. The van der Waals surface area contributed by atoms with E-state index in [1.807, 2.05) is 66.7 Å². The monoisotopic (exact) mass is 333 g/mol. The quantitative estimate of drug-likeness (QED) is 0.537. The van der Waals surface area contributed by atoms with Crippen LogP contribution in [0.5, 0.6) is 5.75 Å². The van der Waals surface area contributed by atoms with Crippen LogP contribution in [0.1, 0.15) is 5.56 Å². The number of anilines is 1. The van der Waals surface area contributed by atoms with Crippen molar-refractivity contribution >= 4 is 28.6 Å². The molecule has 0 atom stereocenters. The molecule has 0 saturated carbocycles. The topological polar surface area (TPSA) is 62.7 Å². The van der Waals surface area contributed by atoms with Gasteiger partial charge in [-0.2, -0.15) is 5.10 Å². The van der Waals surface area contributed by atoms with Crippen molar-refractivity contribution in [3.05, 3.63) is 72.3 Å². The molecule has 2 N–H and O–H groups in total. The molecule has 0 aliphatic carbocycles. The van der Waals surface area contributed by atoms with Crippen molar-refractivity contribution in [2.75, 3.05) is 19.0 Å². The molecule has 3 aromatic carbocycles. The van der Waals surface area contributed by atoms with E-state index in [1.54, 1.807) is 13.3 Å². The molecule has 0 saturated heterocycles. The van der Waals surface area contributed by atoms with Crippen LogP contribution in [0.2, 0.25) is 0 Å². The Morgan fingerprint density at radius 2 is 1.80 bits per heavy atom. The predicted octanol–water partition coefficient (Wildman–Crippen LogP) is 3.41. The first-order chi connectivity index (χ1) is 12.3. The van der Waals surface area contributed by atoms with Gasteiger partial charge in [-0.05, 0) is 41.3 Å². The number of hydrogen-bond acceptors (Lipinski definition) is 4. The van der Waals surface area contributed by atoms with Crippen LogP contribution in [0.3, 0.4) is 0 Å². The first-order valence-electron chi connectivity index (χ1n) is 7.94. The molecule has 0 bridgehead atoms. The standard InChI is InChI=1S/C20H19N3O2/c1-25-17-11-9-15(10-12-17)13-22-23-20(24)14-21-19-8-4-6-16-5-2-3-7-18(16)19/h2-13,21H,14H2,1H3,(H,23,24)/b22-13-. The molecular weight excluding hydrogens is 314 g/mol. The van der Waals surface area contributed by atoms with Crippen molar-refractivity contribution in [3.8, 4) is 5.75 Å². The zero-order chi connectivity index (χ0) is 17.5. The third kappa shape index (κ3) is 4.35. The summed E-state index contributed by atoms with van der Waals surface area (Å²) in [5.74, 6) is 0.568. The molecule has 0 spiro atoms. The van der Waals surface area contributed by atoms with Gasteiger partial charge in [-0.15, -0.1) is 0 Å². The normalized spacial score (nSPS) is 10.8. The van der Waals surface area contributed by atoms with E-state index < -0.39 is 0 Å². The lowest BCUT2D eigenvalue weighted by molar-refractivity contribution is -0.119. The summed E-state index contributed by atoms with van der Waals surface area (Å²) in [6.07, 6.45) is 1.59. The van der Waals surface area contributed by atoms with Crippen LogP contribution in [-0.2, 0) is 4.79 Å². The highest BCUT2D eigenvalue weighted by atomic mass is 16.5. The number of methoxy groups -OCH3 is 1. The van der Waals surface area contributed by atoms with E-state index in [0.29, 0.717) is 0 Å².